The van der Waals surface area contributed by atoms with Crippen molar-refractivity contribution in [2.75, 3.05) is 13.2 Å². The van der Waals surface area contributed by atoms with Crippen LogP contribution in [0.15, 0.2) is 24.3 Å². The molecule has 2 rings (SSSR count). The van der Waals surface area contributed by atoms with Crippen molar-refractivity contribution in [2.24, 2.45) is 11.7 Å². The lowest BCUT2D eigenvalue weighted by Crippen LogP contribution is -2.06. The number of ether oxygens (including phenoxy) is 1. The summed E-state index contributed by atoms with van der Waals surface area (Å²) in [6.45, 7) is 1.25. The quantitative estimate of drug-likeness (QED) is 0.735. The van der Waals surface area contributed by atoms with E-state index in [9.17, 15) is 4.79 Å². The molecule has 1 aromatic carbocycles. The first-order valence-electron chi connectivity index (χ1n) is 5.88. The highest BCUT2D eigenvalue weighted by Gasteiger charge is 2.43. The predicted octanol–water partition coefficient (Wildman–Crippen LogP) is 1.60. The van der Waals surface area contributed by atoms with Gasteiger partial charge in [-0.1, -0.05) is 12.1 Å². The minimum Gasteiger partial charge on any atom is -0.494 e. The summed E-state index contributed by atoms with van der Waals surface area (Å²) in [5, 5.41) is 8.85. The largest absolute Gasteiger partial charge is 0.494 e. The van der Waals surface area contributed by atoms with Crippen LogP contribution in [-0.4, -0.2) is 24.2 Å². The van der Waals surface area contributed by atoms with Crippen LogP contribution in [0, 0.1) is 5.92 Å². The fraction of sp³-hybridized carbons (Fsp3) is 0.462. The number of carboxylic acid groups (broad SMARTS) is 1. The van der Waals surface area contributed by atoms with Gasteiger partial charge in [0.05, 0.1) is 12.5 Å². The van der Waals surface area contributed by atoms with Gasteiger partial charge in [0.1, 0.15) is 5.75 Å². The Hall–Kier alpha value is -1.55. The van der Waals surface area contributed by atoms with Gasteiger partial charge in [-0.25, -0.2) is 0 Å². The van der Waals surface area contributed by atoms with Gasteiger partial charge < -0.3 is 15.6 Å². The molecular formula is C13H17NO3. The van der Waals surface area contributed by atoms with Crippen molar-refractivity contribution in [3.05, 3.63) is 29.8 Å². The fourth-order valence-electron chi connectivity index (χ4n) is 1.92. The third-order valence-corrected chi connectivity index (χ3v) is 3.03. The van der Waals surface area contributed by atoms with E-state index in [4.69, 9.17) is 15.6 Å². The van der Waals surface area contributed by atoms with Crippen LogP contribution in [0.4, 0.5) is 0 Å². The van der Waals surface area contributed by atoms with E-state index in [1.165, 1.54) is 0 Å². The Labute approximate surface area is 100 Å². The molecule has 1 aliphatic carbocycles. The topological polar surface area (TPSA) is 72.5 Å². The van der Waals surface area contributed by atoms with Gasteiger partial charge in [-0.15, -0.1) is 0 Å². The lowest BCUT2D eigenvalue weighted by atomic mass is 10.1. The van der Waals surface area contributed by atoms with Crippen LogP contribution in [-0.2, 0) is 4.79 Å². The highest BCUT2D eigenvalue weighted by molar-refractivity contribution is 5.75. The first kappa shape index (κ1) is 11.9. The second-order valence-corrected chi connectivity index (χ2v) is 4.35. The molecular weight excluding hydrogens is 218 g/mol. The van der Waals surface area contributed by atoms with E-state index in [2.05, 4.69) is 0 Å². The van der Waals surface area contributed by atoms with Crippen LogP contribution in [0.3, 0.4) is 0 Å². The van der Waals surface area contributed by atoms with Crippen molar-refractivity contribution < 1.29 is 14.6 Å². The van der Waals surface area contributed by atoms with E-state index in [-0.39, 0.29) is 11.8 Å². The minimum atomic E-state index is -0.696. The molecule has 0 saturated heterocycles. The van der Waals surface area contributed by atoms with Crippen molar-refractivity contribution in [2.45, 2.75) is 18.8 Å². The summed E-state index contributed by atoms with van der Waals surface area (Å²) in [7, 11) is 0. The van der Waals surface area contributed by atoms with E-state index in [1.807, 2.05) is 24.3 Å². The number of nitrogens with two attached hydrogens (primary N) is 1. The van der Waals surface area contributed by atoms with Gasteiger partial charge in [-0.3, -0.25) is 4.79 Å². The number of carboxylic acids is 1. The zero-order valence-electron chi connectivity index (χ0n) is 9.63. The van der Waals surface area contributed by atoms with Gasteiger partial charge in [0.15, 0.2) is 0 Å². The predicted molar refractivity (Wildman–Crippen MR) is 64.1 cm³/mol. The van der Waals surface area contributed by atoms with Gasteiger partial charge in [-0.2, -0.15) is 0 Å². The lowest BCUT2D eigenvalue weighted by Gasteiger charge is -2.06. The molecule has 92 valence electrons. The highest BCUT2D eigenvalue weighted by atomic mass is 16.5. The Morgan fingerprint density at radius 1 is 1.41 bits per heavy atom. The van der Waals surface area contributed by atoms with E-state index in [1.54, 1.807) is 0 Å². The summed E-state index contributed by atoms with van der Waals surface area (Å²) in [6, 6.07) is 7.68. The maximum atomic E-state index is 10.8. The monoisotopic (exact) mass is 235 g/mol. The SMILES string of the molecule is NCCCOc1ccc(C2CC2C(=O)O)cc1. The van der Waals surface area contributed by atoms with E-state index in [0.717, 1.165) is 24.2 Å². The summed E-state index contributed by atoms with van der Waals surface area (Å²) in [5.74, 6) is 0.109. The Kier molecular flexibility index (Phi) is 3.64. The van der Waals surface area contributed by atoms with Crippen molar-refractivity contribution >= 4 is 5.97 Å². The van der Waals surface area contributed by atoms with E-state index >= 15 is 0 Å². The molecule has 4 nitrogen and oxygen atoms in total. The van der Waals surface area contributed by atoms with Crippen LogP contribution in [0.5, 0.6) is 5.75 Å². The molecule has 4 heteroatoms. The molecule has 1 fully saturated rings. The molecule has 1 aliphatic rings. The summed E-state index contributed by atoms with van der Waals surface area (Å²) < 4.78 is 5.48. The van der Waals surface area contributed by atoms with Crippen LogP contribution < -0.4 is 10.5 Å². The molecule has 3 N–H and O–H groups in total. The Morgan fingerprint density at radius 3 is 2.65 bits per heavy atom. The van der Waals surface area contributed by atoms with Crippen molar-refractivity contribution in [3.63, 3.8) is 0 Å². The molecule has 0 radical (unpaired) electrons. The Balaban J connectivity index is 1.88. The third kappa shape index (κ3) is 2.97. The number of carbonyl (C=O) groups is 1. The zero-order chi connectivity index (χ0) is 12.3. The lowest BCUT2D eigenvalue weighted by molar-refractivity contribution is -0.138. The van der Waals surface area contributed by atoms with Crippen molar-refractivity contribution in [1.82, 2.24) is 0 Å². The molecule has 0 bridgehead atoms. The van der Waals surface area contributed by atoms with Crippen LogP contribution in [0.1, 0.15) is 24.3 Å². The summed E-state index contributed by atoms with van der Waals surface area (Å²) in [6.07, 6.45) is 1.59. The van der Waals surface area contributed by atoms with Crippen molar-refractivity contribution in [1.29, 1.82) is 0 Å². The maximum absolute atomic E-state index is 10.8. The molecule has 0 amide bonds. The molecule has 0 spiro atoms. The molecule has 0 aliphatic heterocycles. The van der Waals surface area contributed by atoms with Gasteiger partial charge in [0.2, 0.25) is 0 Å². The second kappa shape index (κ2) is 5.19. The van der Waals surface area contributed by atoms with Crippen LogP contribution in [0.25, 0.3) is 0 Å². The van der Waals surface area contributed by atoms with Gasteiger partial charge >= 0.3 is 5.97 Å². The molecule has 0 aromatic heterocycles. The molecule has 1 aromatic rings. The minimum absolute atomic E-state index is 0.186. The Bertz CT molecular complexity index is 388. The van der Waals surface area contributed by atoms with Gasteiger partial charge in [0.25, 0.3) is 0 Å². The fourth-order valence-corrected chi connectivity index (χ4v) is 1.92. The average Bonchev–Trinajstić information content (AvgIpc) is 3.10. The number of aliphatic carboxylic acids is 1. The number of hydrogen-bond acceptors (Lipinski definition) is 3. The normalized spacial score (nSPS) is 22.2. The first-order valence-corrected chi connectivity index (χ1v) is 5.88. The zero-order valence-corrected chi connectivity index (χ0v) is 9.63. The smallest absolute Gasteiger partial charge is 0.307 e. The highest BCUT2D eigenvalue weighted by Crippen LogP contribution is 2.47. The van der Waals surface area contributed by atoms with E-state index in [0.29, 0.717) is 13.2 Å². The third-order valence-electron chi connectivity index (χ3n) is 3.03. The molecule has 2 unspecified atom stereocenters. The number of benzene rings is 1. The molecule has 2 atom stereocenters. The number of hydrogen-bond donors (Lipinski definition) is 2. The Morgan fingerprint density at radius 2 is 2.12 bits per heavy atom. The maximum Gasteiger partial charge on any atom is 0.307 e. The second-order valence-electron chi connectivity index (χ2n) is 4.35. The first-order chi connectivity index (χ1) is 8.22. The molecule has 0 heterocycles. The average molecular weight is 235 g/mol. The molecule has 1 saturated carbocycles. The summed E-state index contributed by atoms with van der Waals surface area (Å²) in [5.41, 5.74) is 6.46. The van der Waals surface area contributed by atoms with Crippen LogP contribution in [0.2, 0.25) is 0 Å². The molecule has 17 heavy (non-hydrogen) atoms. The number of rotatable bonds is 6. The van der Waals surface area contributed by atoms with Crippen molar-refractivity contribution in [3.8, 4) is 5.75 Å². The summed E-state index contributed by atoms with van der Waals surface area (Å²) >= 11 is 0. The summed E-state index contributed by atoms with van der Waals surface area (Å²) in [4.78, 5) is 10.8. The van der Waals surface area contributed by atoms with Gasteiger partial charge in [0, 0.05) is 0 Å². The van der Waals surface area contributed by atoms with E-state index < -0.39 is 5.97 Å². The van der Waals surface area contributed by atoms with Crippen LogP contribution >= 0.6 is 0 Å². The van der Waals surface area contributed by atoms with Gasteiger partial charge in [-0.05, 0) is 43.0 Å². The standard InChI is InChI=1S/C13H17NO3/c14-6-1-7-17-10-4-2-9(3-5-10)11-8-12(11)13(15)16/h2-5,11-12H,1,6-8,14H2,(H,15,16).